The molecule has 0 unspecified atom stereocenters. The van der Waals surface area contributed by atoms with E-state index in [0.29, 0.717) is 6.54 Å². The molecule has 2 N–H and O–H groups in total. The number of benzene rings is 2. The molecule has 0 aliphatic carbocycles. The van der Waals surface area contributed by atoms with Crippen molar-refractivity contribution >= 4 is 11.6 Å². The summed E-state index contributed by atoms with van der Waals surface area (Å²) in [6.07, 6.45) is 3.58. The van der Waals surface area contributed by atoms with E-state index < -0.39 is 0 Å². The molecule has 0 bridgehead atoms. The highest BCUT2D eigenvalue weighted by Crippen LogP contribution is 2.29. The Morgan fingerprint density at radius 3 is 2.62 bits per heavy atom. The topological polar surface area (TPSA) is 54.0 Å². The molecule has 1 aromatic heterocycles. The van der Waals surface area contributed by atoms with E-state index in [1.54, 1.807) is 6.20 Å². The molecular weight excluding hydrogens is 322 g/mol. The number of aromatic nitrogens is 1. The zero-order chi connectivity index (χ0) is 17.8. The van der Waals surface area contributed by atoms with Crippen molar-refractivity contribution in [3.8, 4) is 11.1 Å². The molecule has 4 nitrogen and oxygen atoms in total. The van der Waals surface area contributed by atoms with Crippen molar-refractivity contribution in [1.82, 2.24) is 10.3 Å². The number of anilines is 1. The minimum absolute atomic E-state index is 0.0622. The average Bonchev–Trinajstić information content (AvgIpc) is 3.20. The van der Waals surface area contributed by atoms with Gasteiger partial charge in [0.05, 0.1) is 5.92 Å². The van der Waals surface area contributed by atoms with Gasteiger partial charge < -0.3 is 10.6 Å². The molecule has 3 aromatic rings. The van der Waals surface area contributed by atoms with Crippen molar-refractivity contribution < 1.29 is 4.79 Å². The largest absolute Gasteiger partial charge is 0.326 e. The number of carbonyl (C=O) groups excluding carboxylic acids is 1. The lowest BCUT2D eigenvalue weighted by Crippen LogP contribution is -2.28. The summed E-state index contributed by atoms with van der Waals surface area (Å²) < 4.78 is 0. The van der Waals surface area contributed by atoms with Gasteiger partial charge in [0, 0.05) is 42.7 Å². The molecule has 0 saturated carbocycles. The van der Waals surface area contributed by atoms with E-state index in [4.69, 9.17) is 0 Å². The summed E-state index contributed by atoms with van der Waals surface area (Å²) in [5.41, 5.74) is 4.10. The summed E-state index contributed by atoms with van der Waals surface area (Å²) in [7, 11) is 0. The highest BCUT2D eigenvalue weighted by atomic mass is 16.1. The Labute approximate surface area is 153 Å². The molecule has 4 rings (SSSR count). The molecule has 1 aliphatic heterocycles. The van der Waals surface area contributed by atoms with E-state index >= 15 is 0 Å². The maximum atomic E-state index is 12.9. The SMILES string of the molecule is O=C(Nc1cccc(-c2cccnc2)c1)[C@H]1CNC[C@@H]1c1ccccc1. The van der Waals surface area contributed by atoms with Crippen LogP contribution < -0.4 is 10.6 Å². The van der Waals surface area contributed by atoms with Crippen molar-refractivity contribution in [2.75, 3.05) is 18.4 Å². The van der Waals surface area contributed by atoms with E-state index in [9.17, 15) is 4.79 Å². The Hall–Kier alpha value is -2.98. The third-order valence-electron chi connectivity index (χ3n) is 4.90. The Bertz CT molecular complexity index is 880. The van der Waals surface area contributed by atoms with E-state index in [-0.39, 0.29) is 17.7 Å². The molecule has 2 heterocycles. The first kappa shape index (κ1) is 16.5. The number of pyridine rings is 1. The molecule has 1 fully saturated rings. The van der Waals surface area contributed by atoms with Gasteiger partial charge in [-0.3, -0.25) is 9.78 Å². The van der Waals surface area contributed by atoms with Gasteiger partial charge in [-0.1, -0.05) is 48.5 Å². The van der Waals surface area contributed by atoms with Crippen LogP contribution >= 0.6 is 0 Å². The normalized spacial score (nSPS) is 19.2. The summed E-state index contributed by atoms with van der Waals surface area (Å²) in [6, 6.07) is 22.1. The lowest BCUT2D eigenvalue weighted by atomic mass is 9.88. The Kier molecular flexibility index (Phi) is 4.75. The maximum Gasteiger partial charge on any atom is 0.229 e. The van der Waals surface area contributed by atoms with Crippen LogP contribution in [0.25, 0.3) is 11.1 Å². The van der Waals surface area contributed by atoms with Crippen molar-refractivity contribution in [3.05, 3.63) is 84.7 Å². The van der Waals surface area contributed by atoms with Gasteiger partial charge in [0.2, 0.25) is 5.91 Å². The molecule has 2 atom stereocenters. The molecule has 2 aromatic carbocycles. The number of nitrogens with one attached hydrogen (secondary N) is 2. The van der Waals surface area contributed by atoms with Crippen LogP contribution in [0.3, 0.4) is 0 Å². The zero-order valence-electron chi connectivity index (χ0n) is 14.4. The van der Waals surface area contributed by atoms with Gasteiger partial charge in [-0.05, 0) is 29.3 Å². The van der Waals surface area contributed by atoms with Crippen molar-refractivity contribution in [2.24, 2.45) is 5.92 Å². The smallest absolute Gasteiger partial charge is 0.229 e. The summed E-state index contributed by atoms with van der Waals surface area (Å²) in [4.78, 5) is 17.0. The zero-order valence-corrected chi connectivity index (χ0v) is 14.4. The minimum atomic E-state index is -0.0700. The maximum absolute atomic E-state index is 12.9. The standard InChI is InChI=1S/C22H21N3O/c26-22(21-15-24-14-20(21)16-6-2-1-3-7-16)25-19-10-4-8-17(12-19)18-9-5-11-23-13-18/h1-13,20-21,24H,14-15H2,(H,25,26)/t20-,21+/m1/s1. The van der Waals surface area contributed by atoms with Gasteiger partial charge >= 0.3 is 0 Å². The fourth-order valence-electron chi connectivity index (χ4n) is 3.55. The first-order valence-corrected chi connectivity index (χ1v) is 8.88. The number of rotatable bonds is 4. The average molecular weight is 343 g/mol. The number of carbonyl (C=O) groups is 1. The highest BCUT2D eigenvalue weighted by Gasteiger charge is 2.33. The predicted molar refractivity (Wildman–Crippen MR) is 104 cm³/mol. The van der Waals surface area contributed by atoms with Gasteiger partial charge in [-0.15, -0.1) is 0 Å². The Morgan fingerprint density at radius 2 is 1.81 bits per heavy atom. The summed E-state index contributed by atoms with van der Waals surface area (Å²) in [6.45, 7) is 1.53. The van der Waals surface area contributed by atoms with Crippen molar-refractivity contribution in [1.29, 1.82) is 0 Å². The van der Waals surface area contributed by atoms with Gasteiger partial charge in [-0.2, -0.15) is 0 Å². The number of amides is 1. The molecular formula is C22H21N3O. The van der Waals surface area contributed by atoms with Crippen molar-refractivity contribution in [3.63, 3.8) is 0 Å². The Morgan fingerprint density at radius 1 is 0.962 bits per heavy atom. The minimum Gasteiger partial charge on any atom is -0.326 e. The molecule has 1 saturated heterocycles. The molecule has 0 radical (unpaired) electrons. The summed E-state index contributed by atoms with van der Waals surface area (Å²) in [5.74, 6) is 0.198. The van der Waals surface area contributed by atoms with Crippen LogP contribution in [0, 0.1) is 5.92 Å². The number of nitrogens with zero attached hydrogens (tertiary/aromatic N) is 1. The molecule has 26 heavy (non-hydrogen) atoms. The van der Waals surface area contributed by atoms with Crippen LogP contribution in [-0.2, 0) is 4.79 Å². The van der Waals surface area contributed by atoms with Crippen LogP contribution in [0.1, 0.15) is 11.5 Å². The molecule has 130 valence electrons. The molecule has 4 heteroatoms. The Balaban J connectivity index is 1.51. The van der Waals surface area contributed by atoms with Crippen LogP contribution in [0.4, 0.5) is 5.69 Å². The van der Waals surface area contributed by atoms with Crippen LogP contribution in [0.5, 0.6) is 0 Å². The predicted octanol–water partition coefficient (Wildman–Crippen LogP) is 3.69. The quantitative estimate of drug-likeness (QED) is 0.760. The van der Waals surface area contributed by atoms with Gasteiger partial charge in [0.15, 0.2) is 0 Å². The third-order valence-corrected chi connectivity index (χ3v) is 4.90. The lowest BCUT2D eigenvalue weighted by molar-refractivity contribution is -0.119. The van der Waals surface area contributed by atoms with Gasteiger partial charge in [0.25, 0.3) is 0 Å². The van der Waals surface area contributed by atoms with Gasteiger partial charge in [-0.25, -0.2) is 0 Å². The second-order valence-electron chi connectivity index (χ2n) is 6.59. The van der Waals surface area contributed by atoms with Crippen LogP contribution in [-0.4, -0.2) is 24.0 Å². The van der Waals surface area contributed by atoms with E-state index in [1.165, 1.54) is 5.56 Å². The fraction of sp³-hybridized carbons (Fsp3) is 0.182. The van der Waals surface area contributed by atoms with Gasteiger partial charge in [0.1, 0.15) is 0 Å². The second-order valence-corrected chi connectivity index (χ2v) is 6.59. The summed E-state index contributed by atoms with van der Waals surface area (Å²) in [5, 5.41) is 6.45. The molecule has 1 amide bonds. The third kappa shape index (κ3) is 3.51. The first-order chi connectivity index (χ1) is 12.8. The lowest BCUT2D eigenvalue weighted by Gasteiger charge is -2.19. The number of hydrogen-bond acceptors (Lipinski definition) is 3. The molecule has 0 spiro atoms. The fourth-order valence-corrected chi connectivity index (χ4v) is 3.55. The van der Waals surface area contributed by atoms with E-state index in [1.807, 2.05) is 60.8 Å². The van der Waals surface area contributed by atoms with E-state index in [0.717, 1.165) is 23.4 Å². The first-order valence-electron chi connectivity index (χ1n) is 8.88. The van der Waals surface area contributed by atoms with Crippen LogP contribution in [0.2, 0.25) is 0 Å². The molecule has 1 aliphatic rings. The van der Waals surface area contributed by atoms with Crippen molar-refractivity contribution in [2.45, 2.75) is 5.92 Å². The van der Waals surface area contributed by atoms with E-state index in [2.05, 4.69) is 27.8 Å². The number of hydrogen-bond donors (Lipinski definition) is 2. The highest BCUT2D eigenvalue weighted by molar-refractivity contribution is 5.94. The summed E-state index contributed by atoms with van der Waals surface area (Å²) >= 11 is 0. The monoisotopic (exact) mass is 343 g/mol. The second kappa shape index (κ2) is 7.50. The van der Waals surface area contributed by atoms with Crippen LogP contribution in [0.15, 0.2) is 79.1 Å².